The molecule has 0 amide bonds. The van der Waals surface area contributed by atoms with E-state index >= 15 is 0 Å². The molecule has 0 heterocycles. The Morgan fingerprint density at radius 3 is 2.56 bits per heavy atom. The van der Waals surface area contributed by atoms with Crippen LogP contribution >= 0.6 is 0 Å². The molecule has 1 rings (SSSR count). The maximum atomic E-state index is 12.7. The molecule has 1 aromatic carbocycles. The van der Waals surface area contributed by atoms with Gasteiger partial charge in [0.15, 0.2) is 0 Å². The predicted octanol–water partition coefficient (Wildman–Crippen LogP) is 1.98. The Hall–Kier alpha value is -0.920. The Labute approximate surface area is 106 Å². The van der Waals surface area contributed by atoms with Gasteiger partial charge < -0.3 is 5.73 Å². The molecule has 0 aliphatic carbocycles. The molecule has 3 nitrogen and oxygen atoms in total. The summed E-state index contributed by atoms with van der Waals surface area (Å²) in [5, 5.41) is 0. The average molecular weight is 280 g/mol. The van der Waals surface area contributed by atoms with Gasteiger partial charge in [0.1, 0.15) is 0 Å². The molecule has 0 saturated carbocycles. The van der Waals surface area contributed by atoms with Crippen LogP contribution in [0.15, 0.2) is 24.3 Å². The maximum absolute atomic E-state index is 12.7. The van der Waals surface area contributed by atoms with E-state index in [1.807, 2.05) is 0 Å². The summed E-state index contributed by atoms with van der Waals surface area (Å²) in [6.07, 6.45) is -4.43. The van der Waals surface area contributed by atoms with Gasteiger partial charge in [-0.2, -0.15) is 13.2 Å². The van der Waals surface area contributed by atoms with E-state index in [9.17, 15) is 17.4 Å². The lowest BCUT2D eigenvalue weighted by atomic mass is 10.0. The lowest BCUT2D eigenvalue weighted by Gasteiger charge is -2.18. The zero-order chi connectivity index (χ0) is 13.8. The van der Waals surface area contributed by atoms with E-state index in [1.165, 1.54) is 18.2 Å². The summed E-state index contributed by atoms with van der Waals surface area (Å²) in [6, 6.07) is 4.30. The number of alkyl halides is 3. The summed E-state index contributed by atoms with van der Waals surface area (Å²) in [5.41, 5.74) is 4.96. The van der Waals surface area contributed by atoms with Crippen molar-refractivity contribution in [2.24, 2.45) is 5.73 Å². The van der Waals surface area contributed by atoms with E-state index in [0.717, 1.165) is 6.07 Å². The topological polar surface area (TPSA) is 55.1 Å². The van der Waals surface area contributed by atoms with Crippen LogP contribution in [0, 0.1) is 0 Å². The fourth-order valence-electron chi connectivity index (χ4n) is 1.47. The molecule has 102 valence electrons. The Kier molecular flexibility index (Phi) is 5.30. The number of rotatable bonds is 5. The third kappa shape index (κ3) is 4.08. The minimum Gasteiger partial charge on any atom is -0.323 e. The van der Waals surface area contributed by atoms with Crippen molar-refractivity contribution in [3.63, 3.8) is 0 Å². The maximum Gasteiger partial charge on any atom is 0.416 e. The predicted molar refractivity (Wildman–Crippen MR) is 65.1 cm³/mol. The van der Waals surface area contributed by atoms with E-state index < -0.39 is 28.8 Å². The van der Waals surface area contributed by atoms with E-state index in [1.54, 1.807) is 6.92 Å². The first-order valence-electron chi connectivity index (χ1n) is 5.39. The van der Waals surface area contributed by atoms with Gasteiger partial charge in [-0.1, -0.05) is 25.1 Å². The van der Waals surface area contributed by atoms with Gasteiger partial charge in [-0.15, -0.1) is 0 Å². The van der Waals surface area contributed by atoms with E-state index in [4.69, 9.17) is 5.73 Å². The van der Waals surface area contributed by atoms with Crippen molar-refractivity contribution in [2.45, 2.75) is 19.1 Å². The summed E-state index contributed by atoms with van der Waals surface area (Å²) >= 11 is 0. The lowest BCUT2D eigenvalue weighted by Crippen LogP contribution is -2.30. The van der Waals surface area contributed by atoms with E-state index in [0.29, 0.717) is 5.75 Å². The van der Waals surface area contributed by atoms with Gasteiger partial charge >= 0.3 is 6.18 Å². The number of nitrogens with one attached hydrogen (secondary N) is 1. The standard InChI is InChI=1S/C11H15F3N2OS/c1-2-18(17)16-7-10(15)8-5-3-4-6-9(8)11(12,13)14/h3-6,10,16H,2,7,15H2,1H3. The minimum absolute atomic E-state index is 0.00519. The molecular weight excluding hydrogens is 265 g/mol. The number of nitrogens with two attached hydrogens (primary N) is 1. The number of benzene rings is 1. The molecule has 0 aromatic heterocycles. The molecule has 1 aromatic rings. The van der Waals surface area contributed by atoms with Gasteiger partial charge in [0.25, 0.3) is 0 Å². The highest BCUT2D eigenvalue weighted by atomic mass is 32.2. The van der Waals surface area contributed by atoms with Crippen molar-refractivity contribution in [1.82, 2.24) is 4.72 Å². The van der Waals surface area contributed by atoms with Gasteiger partial charge in [-0.25, -0.2) is 8.93 Å². The fourth-order valence-corrected chi connectivity index (χ4v) is 2.04. The Morgan fingerprint density at radius 1 is 1.39 bits per heavy atom. The molecule has 0 bridgehead atoms. The quantitative estimate of drug-likeness (QED) is 0.866. The van der Waals surface area contributed by atoms with Gasteiger partial charge in [-0.3, -0.25) is 0 Å². The summed E-state index contributed by atoms with van der Waals surface area (Å²) in [6.45, 7) is 1.74. The summed E-state index contributed by atoms with van der Waals surface area (Å²) < 4.78 is 52.0. The third-order valence-corrected chi connectivity index (χ3v) is 3.41. The normalized spacial score (nSPS) is 15.4. The minimum atomic E-state index is -4.43. The zero-order valence-corrected chi connectivity index (χ0v) is 10.6. The third-order valence-electron chi connectivity index (χ3n) is 2.39. The number of hydrogen-bond acceptors (Lipinski definition) is 2. The summed E-state index contributed by atoms with van der Waals surface area (Å²) in [7, 11) is -1.26. The van der Waals surface area contributed by atoms with Crippen molar-refractivity contribution in [1.29, 1.82) is 0 Å². The Bertz CT molecular complexity index is 423. The second-order valence-electron chi connectivity index (χ2n) is 3.67. The molecule has 0 fully saturated rings. The van der Waals surface area contributed by atoms with Crippen LogP contribution in [0.1, 0.15) is 24.1 Å². The molecule has 0 aliphatic rings. The van der Waals surface area contributed by atoms with Crippen LogP contribution in [0.25, 0.3) is 0 Å². The largest absolute Gasteiger partial charge is 0.416 e. The number of hydrogen-bond donors (Lipinski definition) is 2. The fraction of sp³-hybridized carbons (Fsp3) is 0.455. The highest BCUT2D eigenvalue weighted by Gasteiger charge is 2.34. The second kappa shape index (κ2) is 6.31. The van der Waals surface area contributed by atoms with Crippen molar-refractivity contribution < 1.29 is 17.4 Å². The molecule has 0 radical (unpaired) electrons. The van der Waals surface area contributed by atoms with Gasteiger partial charge in [-0.05, 0) is 11.6 Å². The van der Waals surface area contributed by atoms with Crippen LogP contribution in [0.5, 0.6) is 0 Å². The molecule has 0 saturated heterocycles. The smallest absolute Gasteiger partial charge is 0.323 e. The van der Waals surface area contributed by atoms with Crippen molar-refractivity contribution >= 4 is 11.0 Å². The Balaban J connectivity index is 2.86. The molecule has 7 heteroatoms. The van der Waals surface area contributed by atoms with Gasteiger partial charge in [0.2, 0.25) is 0 Å². The van der Waals surface area contributed by atoms with Crippen LogP contribution in [-0.2, 0) is 17.2 Å². The van der Waals surface area contributed by atoms with Gasteiger partial charge in [0, 0.05) is 18.3 Å². The van der Waals surface area contributed by atoms with Crippen LogP contribution < -0.4 is 10.5 Å². The molecular formula is C11H15F3N2OS. The van der Waals surface area contributed by atoms with Crippen LogP contribution in [0.2, 0.25) is 0 Å². The molecule has 2 atom stereocenters. The summed E-state index contributed by atoms with van der Waals surface area (Å²) in [4.78, 5) is 0. The van der Waals surface area contributed by atoms with Crippen LogP contribution in [0.4, 0.5) is 13.2 Å². The first-order valence-corrected chi connectivity index (χ1v) is 6.71. The lowest BCUT2D eigenvalue weighted by molar-refractivity contribution is -0.138. The molecule has 3 N–H and O–H groups in total. The Morgan fingerprint density at radius 2 is 2.00 bits per heavy atom. The highest BCUT2D eigenvalue weighted by molar-refractivity contribution is 7.82. The zero-order valence-electron chi connectivity index (χ0n) is 9.83. The first-order chi connectivity index (χ1) is 8.36. The van der Waals surface area contributed by atoms with Crippen molar-refractivity contribution in [2.75, 3.05) is 12.3 Å². The monoisotopic (exact) mass is 280 g/mol. The van der Waals surface area contributed by atoms with Gasteiger partial charge in [0.05, 0.1) is 16.5 Å². The molecule has 18 heavy (non-hydrogen) atoms. The second-order valence-corrected chi connectivity index (χ2v) is 5.23. The van der Waals surface area contributed by atoms with Crippen molar-refractivity contribution in [3.05, 3.63) is 35.4 Å². The average Bonchev–Trinajstić information content (AvgIpc) is 2.34. The van der Waals surface area contributed by atoms with Crippen LogP contribution in [0.3, 0.4) is 0 Å². The van der Waals surface area contributed by atoms with Crippen LogP contribution in [-0.4, -0.2) is 16.5 Å². The molecule has 0 aliphatic heterocycles. The number of halogens is 3. The molecule has 2 unspecified atom stereocenters. The SMILES string of the molecule is CCS(=O)NCC(N)c1ccccc1C(F)(F)F. The van der Waals surface area contributed by atoms with E-state index in [-0.39, 0.29) is 12.1 Å². The summed E-state index contributed by atoms with van der Waals surface area (Å²) in [5.74, 6) is 0.383. The highest BCUT2D eigenvalue weighted by Crippen LogP contribution is 2.33. The first kappa shape index (κ1) is 15.1. The van der Waals surface area contributed by atoms with Crippen molar-refractivity contribution in [3.8, 4) is 0 Å². The molecule has 0 spiro atoms. The van der Waals surface area contributed by atoms with E-state index in [2.05, 4.69) is 4.72 Å².